The number of carbonyl (C=O) groups excluding carboxylic acids is 3. The summed E-state index contributed by atoms with van der Waals surface area (Å²) in [6.45, 7) is 6.51. The fraction of sp³-hybridized carbons (Fsp3) is 0.808. The van der Waals surface area contributed by atoms with Crippen LogP contribution < -0.4 is 10.6 Å². The molecule has 0 aromatic rings. The van der Waals surface area contributed by atoms with Gasteiger partial charge in [-0.1, -0.05) is 12.8 Å². The molecule has 6 aliphatic rings. The van der Waals surface area contributed by atoms with Gasteiger partial charge in [0.25, 0.3) is 5.91 Å². The zero-order valence-corrected chi connectivity index (χ0v) is 20.8. The largest absolute Gasteiger partial charge is 0.369 e. The predicted molar refractivity (Wildman–Crippen MR) is 129 cm³/mol. The molecule has 6 rings (SSSR count). The monoisotopic (exact) mass is 485 g/mol. The van der Waals surface area contributed by atoms with Gasteiger partial charge in [-0.15, -0.1) is 0 Å². The Bertz CT molecular complexity index is 894. The predicted octanol–water partition coefficient (Wildman–Crippen LogP) is 0.254. The highest BCUT2D eigenvalue weighted by molar-refractivity contribution is 6.20. The molecular formula is C26H39N5O4. The molecule has 9 nitrogen and oxygen atoms in total. The number of morpholine rings is 1. The average Bonchev–Trinajstić information content (AvgIpc) is 3.38. The lowest BCUT2D eigenvalue weighted by molar-refractivity contribution is -0.202. The van der Waals surface area contributed by atoms with E-state index in [1.54, 1.807) is 6.92 Å². The number of amides is 2. The van der Waals surface area contributed by atoms with Gasteiger partial charge in [0, 0.05) is 63.8 Å². The zero-order chi connectivity index (χ0) is 24.1. The quantitative estimate of drug-likeness (QED) is 0.554. The molecule has 2 amide bonds. The van der Waals surface area contributed by atoms with Crippen molar-refractivity contribution in [1.29, 1.82) is 0 Å². The maximum absolute atomic E-state index is 13.7. The third-order valence-corrected chi connectivity index (χ3v) is 9.38. The van der Waals surface area contributed by atoms with Crippen molar-refractivity contribution in [2.45, 2.75) is 88.2 Å². The number of hydrogen-bond donors (Lipinski definition) is 2. The molecule has 0 bridgehead atoms. The van der Waals surface area contributed by atoms with Gasteiger partial charge < -0.3 is 25.2 Å². The summed E-state index contributed by atoms with van der Waals surface area (Å²) in [5.41, 5.74) is 0.344. The van der Waals surface area contributed by atoms with E-state index in [0.29, 0.717) is 5.57 Å². The number of nitrogens with zero attached hydrogens (tertiary/aromatic N) is 3. The van der Waals surface area contributed by atoms with Crippen LogP contribution in [0.15, 0.2) is 11.8 Å². The van der Waals surface area contributed by atoms with Crippen molar-refractivity contribution in [2.75, 3.05) is 39.3 Å². The molecule has 2 aliphatic carbocycles. The van der Waals surface area contributed by atoms with Crippen molar-refractivity contribution in [3.8, 4) is 0 Å². The van der Waals surface area contributed by atoms with E-state index in [9.17, 15) is 14.4 Å². The van der Waals surface area contributed by atoms with Gasteiger partial charge in [-0.2, -0.15) is 0 Å². The third kappa shape index (κ3) is 4.19. The number of rotatable bonds is 3. The highest BCUT2D eigenvalue weighted by Gasteiger charge is 2.56. The second kappa shape index (κ2) is 9.48. The first kappa shape index (κ1) is 23.4. The van der Waals surface area contributed by atoms with Gasteiger partial charge in [-0.05, 0) is 38.6 Å². The molecule has 7 unspecified atom stereocenters. The van der Waals surface area contributed by atoms with E-state index in [1.807, 2.05) is 11.1 Å². The smallest absolute Gasteiger partial charge is 0.256 e. The fourth-order valence-electron chi connectivity index (χ4n) is 7.54. The van der Waals surface area contributed by atoms with Crippen LogP contribution in [0.2, 0.25) is 0 Å². The first-order valence-corrected chi connectivity index (χ1v) is 13.7. The number of nitrogens with one attached hydrogen (secondary N) is 2. The van der Waals surface area contributed by atoms with E-state index in [4.69, 9.17) is 4.74 Å². The minimum Gasteiger partial charge on any atom is -0.369 e. The van der Waals surface area contributed by atoms with Crippen LogP contribution in [0.4, 0.5) is 0 Å². The molecule has 4 heterocycles. The molecule has 0 aromatic heterocycles. The molecule has 0 spiro atoms. The van der Waals surface area contributed by atoms with Crippen LogP contribution in [-0.2, 0) is 19.1 Å². The Morgan fingerprint density at radius 2 is 1.83 bits per heavy atom. The van der Waals surface area contributed by atoms with Crippen molar-refractivity contribution >= 4 is 17.6 Å². The Balaban J connectivity index is 1.27. The molecule has 9 heteroatoms. The zero-order valence-electron chi connectivity index (χ0n) is 20.8. The molecular weight excluding hydrogens is 446 g/mol. The van der Waals surface area contributed by atoms with E-state index in [0.717, 1.165) is 77.8 Å². The number of ether oxygens (including phenoxy) is 1. The summed E-state index contributed by atoms with van der Waals surface area (Å²) in [5.74, 6) is -0.261. The maximum Gasteiger partial charge on any atom is 0.256 e. The van der Waals surface area contributed by atoms with Crippen LogP contribution in [0.1, 0.15) is 51.9 Å². The van der Waals surface area contributed by atoms with Crippen LogP contribution in [0.3, 0.4) is 0 Å². The maximum atomic E-state index is 13.7. The van der Waals surface area contributed by atoms with E-state index in [2.05, 4.69) is 20.4 Å². The van der Waals surface area contributed by atoms with Crippen molar-refractivity contribution in [3.05, 3.63) is 11.8 Å². The minimum atomic E-state index is -0.208. The van der Waals surface area contributed by atoms with Gasteiger partial charge in [0.15, 0.2) is 5.78 Å². The standard InChI is InChI=1S/C26H39N5O4/c1-16(32)29-10-12-30(13-11-29)21-7-6-18-23-25(21)35-22-5-3-2-4-20(22)31(23)15-19(24(18)33)26(34)28-17-8-9-27-14-17/h15,17-18,20-23,25,27H,2-14H2,1H3,(H,28,34). The topological polar surface area (TPSA) is 94.2 Å². The van der Waals surface area contributed by atoms with Gasteiger partial charge in [-0.3, -0.25) is 19.3 Å². The normalized spacial score (nSPS) is 39.5. The number of fused-ring (bicyclic) bond motifs is 2. The molecule has 35 heavy (non-hydrogen) atoms. The average molecular weight is 486 g/mol. The van der Waals surface area contributed by atoms with Gasteiger partial charge in [0.2, 0.25) is 5.91 Å². The van der Waals surface area contributed by atoms with Gasteiger partial charge >= 0.3 is 0 Å². The molecule has 3 saturated heterocycles. The lowest BCUT2D eigenvalue weighted by Crippen LogP contribution is -2.71. The molecule has 0 aromatic carbocycles. The molecule has 2 N–H and O–H groups in total. The summed E-state index contributed by atoms with van der Waals surface area (Å²) < 4.78 is 6.87. The van der Waals surface area contributed by atoms with E-state index >= 15 is 0 Å². The fourth-order valence-corrected chi connectivity index (χ4v) is 7.54. The summed E-state index contributed by atoms with van der Waals surface area (Å²) in [4.78, 5) is 45.5. The summed E-state index contributed by atoms with van der Waals surface area (Å²) in [5, 5.41) is 6.39. The Labute approximate surface area is 207 Å². The Morgan fingerprint density at radius 3 is 2.57 bits per heavy atom. The van der Waals surface area contributed by atoms with Crippen LogP contribution in [0, 0.1) is 5.92 Å². The van der Waals surface area contributed by atoms with Crippen molar-refractivity contribution in [1.82, 2.24) is 25.3 Å². The summed E-state index contributed by atoms with van der Waals surface area (Å²) in [6, 6.07) is 0.580. The van der Waals surface area contributed by atoms with Gasteiger partial charge in [0.1, 0.15) is 0 Å². The van der Waals surface area contributed by atoms with Crippen LogP contribution >= 0.6 is 0 Å². The van der Waals surface area contributed by atoms with Crippen LogP contribution in [-0.4, -0.2) is 108 Å². The molecule has 4 aliphatic heterocycles. The summed E-state index contributed by atoms with van der Waals surface area (Å²) in [6.07, 6.45) is 9.02. The second-order valence-electron chi connectivity index (χ2n) is 11.3. The number of carbonyl (C=O) groups is 3. The second-order valence-corrected chi connectivity index (χ2v) is 11.3. The Kier molecular flexibility index (Phi) is 6.35. The summed E-state index contributed by atoms with van der Waals surface area (Å²) >= 11 is 0. The third-order valence-electron chi connectivity index (χ3n) is 9.38. The summed E-state index contributed by atoms with van der Waals surface area (Å²) in [7, 11) is 0. The lowest BCUT2D eigenvalue weighted by Gasteiger charge is -2.60. The molecule has 0 radical (unpaired) electrons. The first-order valence-electron chi connectivity index (χ1n) is 13.7. The highest BCUT2D eigenvalue weighted by atomic mass is 16.5. The van der Waals surface area contributed by atoms with Crippen molar-refractivity contribution in [2.24, 2.45) is 5.92 Å². The SMILES string of the molecule is CC(=O)N1CCN(C2CCC3C(=O)C(C(=O)NC4CCNC4)=CN4C5CCCCC5OC2C34)CC1. The molecule has 2 saturated carbocycles. The highest BCUT2D eigenvalue weighted by Crippen LogP contribution is 2.46. The lowest BCUT2D eigenvalue weighted by atomic mass is 9.70. The van der Waals surface area contributed by atoms with Gasteiger partial charge in [0.05, 0.1) is 29.9 Å². The Hall–Kier alpha value is -1.97. The number of ketones is 1. The van der Waals surface area contributed by atoms with Crippen LogP contribution in [0.5, 0.6) is 0 Å². The molecule has 5 fully saturated rings. The van der Waals surface area contributed by atoms with E-state index < -0.39 is 0 Å². The van der Waals surface area contributed by atoms with Crippen molar-refractivity contribution < 1.29 is 19.1 Å². The van der Waals surface area contributed by atoms with Crippen molar-refractivity contribution in [3.63, 3.8) is 0 Å². The molecule has 7 atom stereocenters. The van der Waals surface area contributed by atoms with Crippen LogP contribution in [0.25, 0.3) is 0 Å². The Morgan fingerprint density at radius 1 is 1.03 bits per heavy atom. The first-order chi connectivity index (χ1) is 17.0. The number of hydrogen-bond acceptors (Lipinski definition) is 7. The van der Waals surface area contributed by atoms with E-state index in [-0.39, 0.29) is 59.9 Å². The number of Topliss-reactive ketones (excluding diaryl/α,β-unsaturated/α-hetero) is 1. The van der Waals surface area contributed by atoms with E-state index in [1.165, 1.54) is 6.42 Å². The number of piperazine rings is 1. The minimum absolute atomic E-state index is 0.00239. The van der Waals surface area contributed by atoms with Gasteiger partial charge in [-0.25, -0.2) is 0 Å². The molecule has 192 valence electrons.